The van der Waals surface area contributed by atoms with E-state index in [4.69, 9.17) is 9.84 Å². The minimum Gasteiger partial charge on any atom is -0.481 e. The molecule has 9 nitrogen and oxygen atoms in total. The highest BCUT2D eigenvalue weighted by atomic mass is 19.1. The van der Waals surface area contributed by atoms with E-state index in [1.165, 1.54) is 32.1 Å². The van der Waals surface area contributed by atoms with Gasteiger partial charge in [-0.25, -0.2) is 0 Å². The van der Waals surface area contributed by atoms with Gasteiger partial charge >= 0.3 is 17.3 Å². The highest BCUT2D eigenvalue weighted by molar-refractivity contribution is 5.66. The minimum atomic E-state index is -1.23. The summed E-state index contributed by atoms with van der Waals surface area (Å²) in [6.07, 6.45) is 9.82. The Bertz CT molecular complexity index is 1110. The second-order valence-electron chi connectivity index (χ2n) is 9.59. The van der Waals surface area contributed by atoms with E-state index < -0.39 is 44.9 Å². The normalized spacial score (nSPS) is 11.8. The van der Waals surface area contributed by atoms with Crippen LogP contribution in [0.5, 0.6) is 5.75 Å². The molecule has 2 rings (SSSR count). The van der Waals surface area contributed by atoms with Gasteiger partial charge in [-0.1, -0.05) is 63.6 Å². The first-order valence-corrected chi connectivity index (χ1v) is 13.2. The number of hydrogen-bond acceptors (Lipinski definition) is 6. The molecule has 1 atom stereocenters. The summed E-state index contributed by atoms with van der Waals surface area (Å²) in [5, 5.41) is 31.6. The van der Waals surface area contributed by atoms with Crippen molar-refractivity contribution < 1.29 is 28.9 Å². The maximum Gasteiger partial charge on any atom is 0.318 e. The number of halogens is 1. The fourth-order valence-corrected chi connectivity index (χ4v) is 4.49. The number of hydrogen-bond donors (Lipinski definition) is 1. The summed E-state index contributed by atoms with van der Waals surface area (Å²) in [5.74, 6) is -2.57. The Morgan fingerprint density at radius 1 is 0.947 bits per heavy atom. The first-order valence-electron chi connectivity index (χ1n) is 13.2. The van der Waals surface area contributed by atoms with Gasteiger partial charge in [-0.15, -0.1) is 0 Å². The molecule has 10 heteroatoms. The van der Waals surface area contributed by atoms with Crippen molar-refractivity contribution in [3.05, 3.63) is 73.1 Å². The molecule has 208 valence electrons. The summed E-state index contributed by atoms with van der Waals surface area (Å²) in [7, 11) is 0. The Balaban J connectivity index is 2.22. The molecule has 0 aliphatic heterocycles. The predicted molar refractivity (Wildman–Crippen MR) is 142 cm³/mol. The Kier molecular flexibility index (Phi) is 12.6. The van der Waals surface area contributed by atoms with Gasteiger partial charge in [0.15, 0.2) is 0 Å². The number of aryl methyl sites for hydroxylation is 2. The number of rotatable bonds is 18. The van der Waals surface area contributed by atoms with E-state index in [2.05, 4.69) is 6.92 Å². The van der Waals surface area contributed by atoms with E-state index in [-0.39, 0.29) is 6.42 Å². The summed E-state index contributed by atoms with van der Waals surface area (Å²) in [4.78, 5) is 31.7. The van der Waals surface area contributed by atoms with Gasteiger partial charge in [0.05, 0.1) is 9.85 Å². The average molecular weight is 533 g/mol. The van der Waals surface area contributed by atoms with Crippen LogP contribution in [-0.4, -0.2) is 20.9 Å². The van der Waals surface area contributed by atoms with Crippen molar-refractivity contribution in [2.75, 3.05) is 0 Å². The maximum atomic E-state index is 14.3. The quantitative estimate of drug-likeness (QED) is 0.117. The number of nitro benzene ring substituents is 2. The molecule has 0 fully saturated rings. The van der Waals surface area contributed by atoms with Crippen molar-refractivity contribution >= 4 is 17.3 Å². The van der Waals surface area contributed by atoms with Gasteiger partial charge in [0.1, 0.15) is 12.2 Å². The smallest absolute Gasteiger partial charge is 0.318 e. The molecule has 0 aromatic heterocycles. The third-order valence-electron chi connectivity index (χ3n) is 6.55. The molecule has 2 aromatic rings. The summed E-state index contributed by atoms with van der Waals surface area (Å²) >= 11 is 0. The molecule has 0 saturated heterocycles. The van der Waals surface area contributed by atoms with Crippen molar-refractivity contribution in [3.63, 3.8) is 0 Å². The van der Waals surface area contributed by atoms with Crippen LogP contribution >= 0.6 is 0 Å². The number of carbonyl (C=O) groups is 1. The lowest BCUT2D eigenvalue weighted by molar-refractivity contribution is -0.396. The molecule has 0 amide bonds. The van der Waals surface area contributed by atoms with Gasteiger partial charge in [0.25, 0.3) is 0 Å². The number of benzene rings is 2. The van der Waals surface area contributed by atoms with Crippen LogP contribution in [-0.2, 0) is 11.2 Å². The van der Waals surface area contributed by atoms with Crippen molar-refractivity contribution in [2.45, 2.75) is 97.0 Å². The summed E-state index contributed by atoms with van der Waals surface area (Å²) in [6.45, 7) is 4.10. The van der Waals surface area contributed by atoms with Gasteiger partial charge in [-0.3, -0.25) is 25.0 Å². The van der Waals surface area contributed by atoms with Crippen LogP contribution in [0.3, 0.4) is 0 Å². The number of ether oxygens (including phenoxy) is 1. The zero-order valence-corrected chi connectivity index (χ0v) is 22.1. The number of carboxylic acid groups (broad SMARTS) is 1. The van der Waals surface area contributed by atoms with Crippen LogP contribution in [0.15, 0.2) is 30.3 Å². The minimum absolute atomic E-state index is 0.0323. The van der Waals surface area contributed by atoms with Gasteiger partial charge in [-0.05, 0) is 55.7 Å². The molecular weight excluding hydrogens is 495 g/mol. The molecular formula is C28H37FN2O7. The number of nitro groups is 2. The van der Waals surface area contributed by atoms with E-state index in [1.54, 1.807) is 0 Å². The largest absolute Gasteiger partial charge is 0.481 e. The first-order chi connectivity index (χ1) is 18.1. The fourth-order valence-electron chi connectivity index (χ4n) is 4.49. The van der Waals surface area contributed by atoms with Crippen LogP contribution < -0.4 is 4.74 Å². The molecule has 1 N–H and O–H groups in total. The first kappa shape index (κ1) is 30.7. The van der Waals surface area contributed by atoms with Crippen molar-refractivity contribution in [2.24, 2.45) is 0 Å². The molecule has 38 heavy (non-hydrogen) atoms. The highest BCUT2D eigenvalue weighted by Crippen LogP contribution is 2.38. The van der Waals surface area contributed by atoms with E-state index >= 15 is 0 Å². The standard InChI is InChI=1S/C28H37FN2O7/c1-3-4-5-6-7-8-9-12-21-15-16-22(20(2)17-21)26(13-10-11-14-28(32)33)38-27-18-23(29)24(30(34)35)19-25(27)31(36)37/h15-19,26H,3-14H2,1-2H3,(H,32,33). The third-order valence-corrected chi connectivity index (χ3v) is 6.55. The summed E-state index contributed by atoms with van der Waals surface area (Å²) < 4.78 is 20.3. The zero-order chi connectivity index (χ0) is 28.1. The molecule has 0 saturated carbocycles. The van der Waals surface area contributed by atoms with Gasteiger partial charge < -0.3 is 9.84 Å². The van der Waals surface area contributed by atoms with E-state index in [9.17, 15) is 29.4 Å². The molecule has 2 aromatic carbocycles. The molecule has 0 aliphatic rings. The van der Waals surface area contributed by atoms with Crippen molar-refractivity contribution in [1.29, 1.82) is 0 Å². The maximum absolute atomic E-state index is 14.3. The van der Waals surface area contributed by atoms with Gasteiger partial charge in [-0.2, -0.15) is 4.39 Å². The van der Waals surface area contributed by atoms with E-state index in [1.807, 2.05) is 25.1 Å². The van der Waals surface area contributed by atoms with Gasteiger partial charge in [0, 0.05) is 12.5 Å². The second kappa shape index (κ2) is 15.6. The molecule has 0 spiro atoms. The molecule has 0 bridgehead atoms. The Morgan fingerprint density at radius 2 is 1.61 bits per heavy atom. The Morgan fingerprint density at radius 3 is 2.21 bits per heavy atom. The monoisotopic (exact) mass is 532 g/mol. The lowest BCUT2D eigenvalue weighted by Gasteiger charge is -2.22. The lowest BCUT2D eigenvalue weighted by Crippen LogP contribution is -2.12. The number of nitrogens with zero attached hydrogens (tertiary/aromatic N) is 2. The number of unbranched alkanes of at least 4 members (excludes halogenated alkanes) is 7. The van der Waals surface area contributed by atoms with Crippen LogP contribution in [0.1, 0.15) is 100 Å². The van der Waals surface area contributed by atoms with Crippen LogP contribution in [0.2, 0.25) is 0 Å². The fraction of sp³-hybridized carbons (Fsp3) is 0.536. The SMILES string of the molecule is CCCCCCCCCc1ccc(C(CCCCC(=O)O)Oc2cc(F)c([N+](=O)[O-])cc2[N+](=O)[O-])c(C)c1. The third kappa shape index (κ3) is 9.72. The van der Waals surface area contributed by atoms with E-state index in [0.29, 0.717) is 31.4 Å². The molecule has 0 heterocycles. The van der Waals surface area contributed by atoms with E-state index in [0.717, 1.165) is 36.0 Å². The second-order valence-corrected chi connectivity index (χ2v) is 9.59. The molecule has 1 unspecified atom stereocenters. The average Bonchev–Trinajstić information content (AvgIpc) is 2.85. The number of carboxylic acids is 1. The predicted octanol–water partition coefficient (Wildman–Crippen LogP) is 8.01. The van der Waals surface area contributed by atoms with Gasteiger partial charge in [0.2, 0.25) is 11.6 Å². The molecule has 0 radical (unpaired) electrons. The topological polar surface area (TPSA) is 133 Å². The zero-order valence-electron chi connectivity index (χ0n) is 22.1. The summed E-state index contributed by atoms with van der Waals surface area (Å²) in [5.41, 5.74) is 1.10. The van der Waals surface area contributed by atoms with Crippen LogP contribution in [0.4, 0.5) is 15.8 Å². The number of aliphatic carboxylic acids is 1. The summed E-state index contributed by atoms with van der Waals surface area (Å²) in [6, 6.07) is 7.15. The lowest BCUT2D eigenvalue weighted by atomic mass is 9.95. The van der Waals surface area contributed by atoms with Crippen molar-refractivity contribution in [1.82, 2.24) is 0 Å². The van der Waals surface area contributed by atoms with Crippen LogP contribution in [0.25, 0.3) is 0 Å². The Hall–Kier alpha value is -3.56. The highest BCUT2D eigenvalue weighted by Gasteiger charge is 2.28. The van der Waals surface area contributed by atoms with Crippen molar-refractivity contribution in [3.8, 4) is 5.75 Å². The van der Waals surface area contributed by atoms with Crippen LogP contribution in [0, 0.1) is 33.0 Å². The molecule has 0 aliphatic carbocycles. The Labute approximate surface area is 222 Å².